The second-order valence-electron chi connectivity index (χ2n) is 8.52. The lowest BCUT2D eigenvalue weighted by Gasteiger charge is -2.38. The summed E-state index contributed by atoms with van der Waals surface area (Å²) in [5, 5.41) is 6.56. The number of anilines is 5. The molecule has 0 saturated carbocycles. The lowest BCUT2D eigenvalue weighted by molar-refractivity contribution is 0.417. The van der Waals surface area contributed by atoms with Crippen LogP contribution in [-0.4, -0.2) is 59.0 Å². The first kappa shape index (κ1) is 23.5. The van der Waals surface area contributed by atoms with Crippen LogP contribution in [0.4, 0.5) is 29.2 Å². The highest BCUT2D eigenvalue weighted by Gasteiger charge is 2.26. The molecule has 3 aromatic rings. The van der Waals surface area contributed by atoms with Crippen molar-refractivity contribution in [2.45, 2.75) is 19.8 Å². The number of hydrogen-bond acceptors (Lipinski definition) is 9. The molecule has 1 aliphatic heterocycles. The molecule has 33 heavy (non-hydrogen) atoms. The number of ether oxygens (including phenoxy) is 1. The molecule has 9 nitrogen and oxygen atoms in total. The number of nitrogens with one attached hydrogen (secondary N) is 2. The summed E-state index contributed by atoms with van der Waals surface area (Å²) >= 11 is 6.35. The molecule has 0 aliphatic carbocycles. The van der Waals surface area contributed by atoms with Gasteiger partial charge in [0, 0.05) is 43.1 Å². The summed E-state index contributed by atoms with van der Waals surface area (Å²) in [7, 11) is -0.114. The third kappa shape index (κ3) is 5.66. The molecule has 0 bridgehead atoms. The van der Waals surface area contributed by atoms with Crippen molar-refractivity contribution in [3.05, 3.63) is 41.4 Å². The predicted octanol–water partition coefficient (Wildman–Crippen LogP) is 5.11. The normalized spacial score (nSPS) is 15.5. The fourth-order valence-corrected chi connectivity index (χ4v) is 5.19. The van der Waals surface area contributed by atoms with Gasteiger partial charge in [0.05, 0.1) is 25.2 Å². The van der Waals surface area contributed by atoms with Crippen LogP contribution in [0.5, 0.6) is 5.75 Å². The molecule has 11 heteroatoms. The summed E-state index contributed by atoms with van der Waals surface area (Å²) in [6.07, 6.45) is 4.87. The average molecular weight is 492 g/mol. The molecular weight excluding hydrogens is 463 g/mol. The first-order valence-electron chi connectivity index (χ1n) is 10.8. The van der Waals surface area contributed by atoms with E-state index in [2.05, 4.69) is 30.5 Å². The molecule has 4 rings (SSSR count). The van der Waals surface area contributed by atoms with Crippen LogP contribution in [-0.2, 0) is 0 Å². The molecule has 1 radical (unpaired) electrons. The van der Waals surface area contributed by atoms with Crippen molar-refractivity contribution in [1.82, 2.24) is 15.0 Å². The minimum absolute atomic E-state index is 0.228. The van der Waals surface area contributed by atoms with E-state index < -0.39 is 7.49 Å². The zero-order valence-corrected chi connectivity index (χ0v) is 20.8. The van der Waals surface area contributed by atoms with Crippen LogP contribution in [0, 0.1) is 0 Å². The minimum Gasteiger partial charge on any atom is -0.494 e. The number of rotatable bonds is 7. The Morgan fingerprint density at radius 2 is 1.94 bits per heavy atom. The smallest absolute Gasteiger partial charge is 0.301 e. The Balaban J connectivity index is 1.51. The average Bonchev–Trinajstić information content (AvgIpc) is 3.25. The molecular formula is C22H29ClN6O3P. The molecule has 3 heterocycles. The summed E-state index contributed by atoms with van der Waals surface area (Å²) in [6, 6.07) is 6.26. The van der Waals surface area contributed by atoms with Crippen molar-refractivity contribution in [2.75, 3.05) is 54.7 Å². The molecule has 177 valence electrons. The third-order valence-corrected chi connectivity index (χ3v) is 8.17. The third-order valence-electron chi connectivity index (χ3n) is 5.56. The van der Waals surface area contributed by atoms with Gasteiger partial charge in [-0.15, -0.1) is 0 Å². The van der Waals surface area contributed by atoms with Gasteiger partial charge in [-0.1, -0.05) is 25.4 Å². The lowest BCUT2D eigenvalue weighted by Crippen LogP contribution is -2.36. The topological polar surface area (TPSA) is 109 Å². The Morgan fingerprint density at radius 1 is 1.18 bits per heavy atom. The van der Waals surface area contributed by atoms with Gasteiger partial charge < -0.3 is 24.3 Å². The first-order valence-corrected chi connectivity index (χ1v) is 13.7. The molecule has 3 N–H and O–H groups in total. The zero-order valence-electron chi connectivity index (χ0n) is 19.2. The SMILES string of the molecule is COc1cc(N2CC[P](C)(O)CC2)ccc1Nc1nc(Nc2ncc(C(C)C)o2)ncc1Cl. The van der Waals surface area contributed by atoms with Crippen LogP contribution in [0.15, 0.2) is 35.0 Å². The molecule has 1 aromatic carbocycles. The van der Waals surface area contributed by atoms with Gasteiger partial charge in [-0.05, 0) is 26.3 Å². The van der Waals surface area contributed by atoms with E-state index in [9.17, 15) is 4.89 Å². The van der Waals surface area contributed by atoms with Gasteiger partial charge in [-0.2, -0.15) is 4.98 Å². The second kappa shape index (κ2) is 9.71. The number of halogens is 1. The Morgan fingerprint density at radius 3 is 2.61 bits per heavy atom. The van der Waals surface area contributed by atoms with E-state index in [-0.39, 0.29) is 5.92 Å². The zero-order chi connectivity index (χ0) is 23.6. The maximum Gasteiger partial charge on any atom is 0.301 e. The van der Waals surface area contributed by atoms with E-state index in [0.717, 1.165) is 42.5 Å². The highest BCUT2D eigenvalue weighted by Crippen LogP contribution is 2.52. The van der Waals surface area contributed by atoms with Crippen LogP contribution < -0.4 is 20.3 Å². The van der Waals surface area contributed by atoms with Crippen LogP contribution in [0.25, 0.3) is 0 Å². The van der Waals surface area contributed by atoms with E-state index in [1.54, 1.807) is 13.3 Å². The van der Waals surface area contributed by atoms with E-state index in [4.69, 9.17) is 20.8 Å². The van der Waals surface area contributed by atoms with Crippen LogP contribution >= 0.6 is 19.1 Å². The molecule has 2 aromatic heterocycles. The number of hydrogen-bond donors (Lipinski definition) is 3. The molecule has 0 spiro atoms. The Bertz CT molecular complexity index is 1110. The number of oxazole rings is 1. The first-order chi connectivity index (χ1) is 15.7. The maximum absolute atomic E-state index is 10.3. The van der Waals surface area contributed by atoms with Crippen molar-refractivity contribution < 1.29 is 14.0 Å². The van der Waals surface area contributed by atoms with Crippen molar-refractivity contribution in [2.24, 2.45) is 0 Å². The monoisotopic (exact) mass is 491 g/mol. The van der Waals surface area contributed by atoms with E-state index in [1.165, 1.54) is 6.20 Å². The fourth-order valence-electron chi connectivity index (χ4n) is 3.48. The Kier molecular flexibility index (Phi) is 6.93. The van der Waals surface area contributed by atoms with Crippen molar-refractivity contribution in [1.29, 1.82) is 0 Å². The molecule has 0 amide bonds. The minimum atomic E-state index is -1.74. The van der Waals surface area contributed by atoms with Gasteiger partial charge in [-0.25, -0.2) is 9.97 Å². The number of aromatic nitrogens is 3. The van der Waals surface area contributed by atoms with Gasteiger partial charge >= 0.3 is 6.01 Å². The van der Waals surface area contributed by atoms with Crippen LogP contribution in [0.1, 0.15) is 25.5 Å². The van der Waals surface area contributed by atoms with Crippen molar-refractivity contribution in [3.8, 4) is 5.75 Å². The largest absolute Gasteiger partial charge is 0.494 e. The highest BCUT2D eigenvalue weighted by molar-refractivity contribution is 7.69. The molecule has 1 aliphatic rings. The van der Waals surface area contributed by atoms with Gasteiger partial charge in [0.25, 0.3) is 0 Å². The maximum atomic E-state index is 10.3. The van der Waals surface area contributed by atoms with Gasteiger partial charge in [0.15, 0.2) is 5.82 Å². The lowest BCUT2D eigenvalue weighted by atomic mass is 10.2. The number of benzene rings is 1. The number of methoxy groups -OCH3 is 1. The summed E-state index contributed by atoms with van der Waals surface area (Å²) in [4.78, 5) is 25.5. The Hall–Kier alpha value is -2.61. The molecule has 1 saturated heterocycles. The summed E-state index contributed by atoms with van der Waals surface area (Å²) in [6.45, 7) is 7.73. The summed E-state index contributed by atoms with van der Waals surface area (Å²) < 4.78 is 11.3. The summed E-state index contributed by atoms with van der Waals surface area (Å²) in [5.74, 6) is 2.39. The Labute approximate surface area is 199 Å². The van der Waals surface area contributed by atoms with Crippen LogP contribution in [0.3, 0.4) is 0 Å². The van der Waals surface area contributed by atoms with Crippen molar-refractivity contribution >= 4 is 48.2 Å². The standard InChI is InChI=1S/C22H29ClN6O3P/c1-14(2)19-13-25-22(32-19)28-21-24-12-16(23)20(27-21)26-17-6-5-15(11-18(17)31-3)29-7-9-33(4,30)10-8-29/h5-6,11-14,30H,7-10H2,1-4H3,(H2,24,25,26,27,28). The molecule has 0 unspecified atom stereocenters. The van der Waals surface area contributed by atoms with E-state index in [0.29, 0.717) is 28.6 Å². The van der Waals surface area contributed by atoms with Gasteiger partial charge in [0.1, 0.15) is 16.5 Å². The van der Waals surface area contributed by atoms with E-state index in [1.807, 2.05) is 38.7 Å². The number of nitrogens with zero attached hydrogens (tertiary/aromatic N) is 4. The van der Waals surface area contributed by atoms with Gasteiger partial charge in [-0.3, -0.25) is 5.32 Å². The van der Waals surface area contributed by atoms with Crippen molar-refractivity contribution in [3.63, 3.8) is 0 Å². The summed E-state index contributed by atoms with van der Waals surface area (Å²) in [5.41, 5.74) is 1.78. The second-order valence-corrected chi connectivity index (χ2v) is 12.5. The molecule has 1 fully saturated rings. The van der Waals surface area contributed by atoms with Gasteiger partial charge in [0.2, 0.25) is 5.95 Å². The highest BCUT2D eigenvalue weighted by atomic mass is 35.5. The molecule has 0 atom stereocenters. The van der Waals surface area contributed by atoms with Crippen LogP contribution in [0.2, 0.25) is 5.02 Å². The quantitative estimate of drug-likeness (QED) is 0.388. The van der Waals surface area contributed by atoms with E-state index >= 15 is 0 Å². The fraction of sp³-hybridized carbons (Fsp3) is 0.409. The predicted molar refractivity (Wildman–Crippen MR) is 134 cm³/mol.